The molecule has 1 rings (SSSR count). The first kappa shape index (κ1) is 13.9. The standard InChI is InChI=1S/C15H23NO/c1-5-15(4,16)14(17)13-8-6-7-12(10-13)9-11(2)3/h6-8,10-11H,5,9,16H2,1-4H3. The maximum Gasteiger partial charge on any atom is 0.182 e. The van der Waals surface area contributed by atoms with Crippen molar-refractivity contribution in [3.05, 3.63) is 35.4 Å². The summed E-state index contributed by atoms with van der Waals surface area (Å²) in [7, 11) is 0. The van der Waals surface area contributed by atoms with Gasteiger partial charge < -0.3 is 5.73 Å². The van der Waals surface area contributed by atoms with E-state index in [4.69, 9.17) is 5.73 Å². The van der Waals surface area contributed by atoms with Crippen LogP contribution in [0.15, 0.2) is 24.3 Å². The summed E-state index contributed by atoms with van der Waals surface area (Å²) in [5, 5.41) is 0. The third-order valence-electron chi connectivity index (χ3n) is 3.09. The molecule has 0 saturated heterocycles. The van der Waals surface area contributed by atoms with Crippen molar-refractivity contribution >= 4 is 5.78 Å². The Morgan fingerprint density at radius 3 is 2.59 bits per heavy atom. The molecule has 0 aliphatic rings. The molecule has 1 unspecified atom stereocenters. The van der Waals surface area contributed by atoms with Crippen LogP contribution in [0.25, 0.3) is 0 Å². The number of ketones is 1. The first-order valence-electron chi connectivity index (χ1n) is 6.29. The van der Waals surface area contributed by atoms with Crippen molar-refractivity contribution in [2.75, 3.05) is 0 Å². The predicted octanol–water partition coefficient (Wildman–Crippen LogP) is 3.20. The largest absolute Gasteiger partial charge is 0.319 e. The summed E-state index contributed by atoms with van der Waals surface area (Å²) in [6.45, 7) is 8.08. The zero-order chi connectivity index (χ0) is 13.1. The van der Waals surface area contributed by atoms with Crippen LogP contribution in [0.4, 0.5) is 0 Å². The van der Waals surface area contributed by atoms with Crippen LogP contribution in [-0.2, 0) is 6.42 Å². The molecule has 2 nitrogen and oxygen atoms in total. The van der Waals surface area contributed by atoms with Gasteiger partial charge in [0.05, 0.1) is 5.54 Å². The Bertz CT molecular complexity index is 394. The Morgan fingerprint density at radius 2 is 2.06 bits per heavy atom. The highest BCUT2D eigenvalue weighted by atomic mass is 16.1. The molecule has 0 spiro atoms. The van der Waals surface area contributed by atoms with Crippen LogP contribution in [-0.4, -0.2) is 11.3 Å². The molecule has 0 amide bonds. The average Bonchev–Trinajstić information content (AvgIpc) is 2.27. The van der Waals surface area contributed by atoms with E-state index in [0.29, 0.717) is 12.3 Å². The quantitative estimate of drug-likeness (QED) is 0.794. The molecular formula is C15H23NO. The van der Waals surface area contributed by atoms with Gasteiger partial charge >= 0.3 is 0 Å². The van der Waals surface area contributed by atoms with Gasteiger partial charge in [-0.3, -0.25) is 4.79 Å². The van der Waals surface area contributed by atoms with E-state index < -0.39 is 5.54 Å². The van der Waals surface area contributed by atoms with Gasteiger partial charge in [0, 0.05) is 5.56 Å². The zero-order valence-corrected chi connectivity index (χ0v) is 11.3. The average molecular weight is 233 g/mol. The van der Waals surface area contributed by atoms with Crippen molar-refractivity contribution in [3.63, 3.8) is 0 Å². The lowest BCUT2D eigenvalue weighted by Gasteiger charge is -2.21. The zero-order valence-electron chi connectivity index (χ0n) is 11.3. The SMILES string of the molecule is CCC(C)(N)C(=O)c1cccc(CC(C)C)c1. The fourth-order valence-corrected chi connectivity index (χ4v) is 1.80. The highest BCUT2D eigenvalue weighted by Crippen LogP contribution is 2.17. The van der Waals surface area contributed by atoms with Gasteiger partial charge in [-0.1, -0.05) is 39.0 Å². The van der Waals surface area contributed by atoms with Crippen LogP contribution in [0.3, 0.4) is 0 Å². The van der Waals surface area contributed by atoms with Gasteiger partial charge in [-0.15, -0.1) is 0 Å². The number of Topliss-reactive ketones (excluding diaryl/α,β-unsaturated/α-hetero) is 1. The van der Waals surface area contributed by atoms with E-state index in [1.165, 1.54) is 5.56 Å². The maximum absolute atomic E-state index is 12.2. The predicted molar refractivity (Wildman–Crippen MR) is 72.2 cm³/mol. The van der Waals surface area contributed by atoms with E-state index in [9.17, 15) is 4.79 Å². The molecule has 0 saturated carbocycles. The van der Waals surface area contributed by atoms with Crippen molar-refractivity contribution in [1.29, 1.82) is 0 Å². The topological polar surface area (TPSA) is 43.1 Å². The van der Waals surface area contributed by atoms with Crippen LogP contribution >= 0.6 is 0 Å². The van der Waals surface area contributed by atoms with E-state index in [-0.39, 0.29) is 5.78 Å². The van der Waals surface area contributed by atoms with Crippen molar-refractivity contribution in [1.82, 2.24) is 0 Å². The minimum absolute atomic E-state index is 0.0330. The van der Waals surface area contributed by atoms with Crippen LogP contribution in [0, 0.1) is 5.92 Å². The van der Waals surface area contributed by atoms with Crippen LogP contribution in [0.5, 0.6) is 0 Å². The van der Waals surface area contributed by atoms with Crippen molar-refractivity contribution in [2.24, 2.45) is 11.7 Å². The van der Waals surface area contributed by atoms with Crippen LogP contribution in [0.2, 0.25) is 0 Å². The number of rotatable bonds is 5. The molecule has 17 heavy (non-hydrogen) atoms. The number of carbonyl (C=O) groups excluding carboxylic acids is 1. The number of hydrogen-bond acceptors (Lipinski definition) is 2. The molecule has 0 bridgehead atoms. The Hall–Kier alpha value is -1.15. The maximum atomic E-state index is 12.2. The van der Waals surface area contributed by atoms with Gasteiger partial charge in [-0.05, 0) is 37.3 Å². The first-order valence-corrected chi connectivity index (χ1v) is 6.29. The Balaban J connectivity index is 2.96. The normalized spacial score (nSPS) is 14.7. The molecule has 1 atom stereocenters. The van der Waals surface area contributed by atoms with E-state index in [1.54, 1.807) is 6.92 Å². The smallest absolute Gasteiger partial charge is 0.182 e. The van der Waals surface area contributed by atoms with E-state index >= 15 is 0 Å². The molecule has 0 radical (unpaired) electrons. The number of nitrogens with two attached hydrogens (primary N) is 1. The molecule has 2 N–H and O–H groups in total. The summed E-state index contributed by atoms with van der Waals surface area (Å²) in [6.07, 6.45) is 1.65. The minimum Gasteiger partial charge on any atom is -0.319 e. The molecule has 0 aromatic heterocycles. The van der Waals surface area contributed by atoms with Gasteiger partial charge in [-0.2, -0.15) is 0 Å². The molecular weight excluding hydrogens is 210 g/mol. The first-order chi connectivity index (χ1) is 7.86. The second-order valence-electron chi connectivity index (χ2n) is 5.40. The van der Waals surface area contributed by atoms with E-state index in [2.05, 4.69) is 19.9 Å². The molecule has 0 aliphatic heterocycles. The van der Waals surface area contributed by atoms with Crippen molar-refractivity contribution in [2.45, 2.75) is 46.1 Å². The summed E-state index contributed by atoms with van der Waals surface area (Å²) in [5.74, 6) is 0.626. The highest BCUT2D eigenvalue weighted by Gasteiger charge is 2.27. The number of hydrogen-bond donors (Lipinski definition) is 1. The van der Waals surface area contributed by atoms with Gasteiger partial charge in [0.1, 0.15) is 0 Å². The summed E-state index contributed by atoms with van der Waals surface area (Å²) >= 11 is 0. The second kappa shape index (κ2) is 5.46. The summed E-state index contributed by atoms with van der Waals surface area (Å²) in [6, 6.07) is 7.84. The van der Waals surface area contributed by atoms with Gasteiger partial charge in [-0.25, -0.2) is 0 Å². The molecule has 0 fully saturated rings. The lowest BCUT2D eigenvalue weighted by molar-refractivity contribution is 0.0897. The second-order valence-corrected chi connectivity index (χ2v) is 5.40. The molecule has 94 valence electrons. The molecule has 2 heteroatoms. The van der Waals surface area contributed by atoms with E-state index in [1.807, 2.05) is 25.1 Å². The third-order valence-corrected chi connectivity index (χ3v) is 3.09. The summed E-state index contributed by atoms with van der Waals surface area (Å²) in [5.41, 5.74) is 7.18. The van der Waals surface area contributed by atoms with Crippen LogP contribution < -0.4 is 5.73 Å². The van der Waals surface area contributed by atoms with E-state index in [0.717, 1.165) is 12.0 Å². The van der Waals surface area contributed by atoms with Gasteiger partial charge in [0.25, 0.3) is 0 Å². The van der Waals surface area contributed by atoms with Crippen molar-refractivity contribution in [3.8, 4) is 0 Å². The highest BCUT2D eigenvalue weighted by molar-refractivity contribution is 6.02. The molecule has 1 aromatic rings. The fourth-order valence-electron chi connectivity index (χ4n) is 1.80. The Labute approximate surface area is 104 Å². The lowest BCUT2D eigenvalue weighted by Crippen LogP contribution is -2.44. The minimum atomic E-state index is -0.754. The summed E-state index contributed by atoms with van der Waals surface area (Å²) < 4.78 is 0. The lowest BCUT2D eigenvalue weighted by atomic mass is 9.88. The van der Waals surface area contributed by atoms with Gasteiger partial charge in [0.2, 0.25) is 0 Å². The van der Waals surface area contributed by atoms with Gasteiger partial charge in [0.15, 0.2) is 5.78 Å². The molecule has 0 aliphatic carbocycles. The van der Waals surface area contributed by atoms with Crippen molar-refractivity contribution < 1.29 is 4.79 Å². The number of benzene rings is 1. The monoisotopic (exact) mass is 233 g/mol. The Kier molecular flexibility index (Phi) is 4.47. The molecule has 0 heterocycles. The molecule has 1 aromatic carbocycles. The van der Waals surface area contributed by atoms with Crippen LogP contribution in [0.1, 0.15) is 50.0 Å². The summed E-state index contributed by atoms with van der Waals surface area (Å²) in [4.78, 5) is 12.2. The Morgan fingerprint density at radius 1 is 1.41 bits per heavy atom. The fraction of sp³-hybridized carbons (Fsp3) is 0.533. The number of carbonyl (C=O) groups is 1. The third kappa shape index (κ3) is 3.67.